The van der Waals surface area contributed by atoms with E-state index in [1.54, 1.807) is 18.2 Å². The standard InChI is InChI=1S/C15H8N2O3/c16-6-14-15(12-3-1-2-4-13(12)20-14)19-11-5-10(9-18)7-17-8-11/h1-5,7-9H. The van der Waals surface area contributed by atoms with Crippen LogP contribution in [0.4, 0.5) is 0 Å². The predicted octanol–water partition coefficient (Wildman–Crippen LogP) is 3.30. The smallest absolute Gasteiger partial charge is 0.247 e. The average Bonchev–Trinajstić information content (AvgIpc) is 2.85. The summed E-state index contributed by atoms with van der Waals surface area (Å²) in [5.74, 6) is 0.785. The van der Waals surface area contributed by atoms with E-state index in [-0.39, 0.29) is 5.76 Å². The molecule has 5 heteroatoms. The third-order valence-electron chi connectivity index (χ3n) is 2.74. The van der Waals surface area contributed by atoms with Gasteiger partial charge in [0, 0.05) is 11.8 Å². The lowest BCUT2D eigenvalue weighted by molar-refractivity contribution is 0.112. The molecule has 0 unspecified atom stereocenters. The van der Waals surface area contributed by atoms with Crippen LogP contribution < -0.4 is 4.74 Å². The molecule has 0 radical (unpaired) electrons. The molecule has 0 N–H and O–H groups in total. The van der Waals surface area contributed by atoms with Crippen LogP contribution in [0.15, 0.2) is 47.1 Å². The normalized spacial score (nSPS) is 10.2. The highest BCUT2D eigenvalue weighted by Gasteiger charge is 2.16. The van der Waals surface area contributed by atoms with Gasteiger partial charge in [0.05, 0.1) is 11.6 Å². The lowest BCUT2D eigenvalue weighted by Gasteiger charge is -2.03. The van der Waals surface area contributed by atoms with E-state index in [4.69, 9.17) is 14.4 Å². The Balaban J connectivity index is 2.10. The van der Waals surface area contributed by atoms with E-state index in [9.17, 15) is 4.79 Å². The molecule has 0 atom stereocenters. The molecule has 20 heavy (non-hydrogen) atoms. The zero-order valence-corrected chi connectivity index (χ0v) is 10.2. The van der Waals surface area contributed by atoms with E-state index in [2.05, 4.69) is 4.98 Å². The zero-order chi connectivity index (χ0) is 13.9. The number of fused-ring (bicyclic) bond motifs is 1. The number of carbonyl (C=O) groups is 1. The van der Waals surface area contributed by atoms with Crippen LogP contribution >= 0.6 is 0 Å². The van der Waals surface area contributed by atoms with E-state index >= 15 is 0 Å². The number of nitriles is 1. The quantitative estimate of drug-likeness (QED) is 0.678. The summed E-state index contributed by atoms with van der Waals surface area (Å²) in [6, 6.07) is 10.7. The highest BCUT2D eigenvalue weighted by molar-refractivity contribution is 5.86. The Labute approximate surface area is 114 Å². The minimum Gasteiger partial charge on any atom is -0.450 e. The van der Waals surface area contributed by atoms with Crippen LogP contribution in [0.5, 0.6) is 11.5 Å². The Morgan fingerprint density at radius 3 is 2.95 bits per heavy atom. The molecule has 0 fully saturated rings. The van der Waals surface area contributed by atoms with Gasteiger partial charge >= 0.3 is 0 Å². The molecular weight excluding hydrogens is 256 g/mol. The third-order valence-corrected chi connectivity index (χ3v) is 2.74. The Morgan fingerprint density at radius 1 is 1.30 bits per heavy atom. The van der Waals surface area contributed by atoms with Crippen LogP contribution in [-0.2, 0) is 0 Å². The molecule has 0 spiro atoms. The van der Waals surface area contributed by atoms with Gasteiger partial charge in [-0.2, -0.15) is 5.26 Å². The molecule has 0 bridgehead atoms. The molecule has 0 aliphatic carbocycles. The summed E-state index contributed by atoms with van der Waals surface area (Å²) in [7, 11) is 0. The van der Waals surface area contributed by atoms with Crippen molar-refractivity contribution in [3.05, 3.63) is 54.0 Å². The molecule has 2 aromatic heterocycles. The van der Waals surface area contributed by atoms with Crippen LogP contribution in [-0.4, -0.2) is 11.3 Å². The van der Waals surface area contributed by atoms with Crippen LogP contribution in [0.2, 0.25) is 0 Å². The minimum absolute atomic E-state index is 0.0858. The molecule has 3 rings (SSSR count). The Morgan fingerprint density at radius 2 is 2.15 bits per heavy atom. The van der Waals surface area contributed by atoms with Gasteiger partial charge in [0.2, 0.25) is 5.76 Å². The maximum Gasteiger partial charge on any atom is 0.247 e. The Hall–Kier alpha value is -3.13. The Bertz CT molecular complexity index is 830. The maximum atomic E-state index is 10.7. The van der Waals surface area contributed by atoms with Crippen molar-refractivity contribution in [2.45, 2.75) is 0 Å². The van der Waals surface area contributed by atoms with E-state index < -0.39 is 0 Å². The van der Waals surface area contributed by atoms with Crippen molar-refractivity contribution in [1.82, 2.24) is 4.98 Å². The zero-order valence-electron chi connectivity index (χ0n) is 10.2. The summed E-state index contributed by atoms with van der Waals surface area (Å²) in [6.45, 7) is 0. The topological polar surface area (TPSA) is 76.1 Å². The van der Waals surface area contributed by atoms with Gasteiger partial charge in [0.25, 0.3) is 0 Å². The summed E-state index contributed by atoms with van der Waals surface area (Å²) < 4.78 is 11.1. The fourth-order valence-electron chi connectivity index (χ4n) is 1.87. The monoisotopic (exact) mass is 264 g/mol. The first kappa shape index (κ1) is 11.9. The molecule has 0 amide bonds. The summed E-state index contributed by atoms with van der Waals surface area (Å²) in [6.07, 6.45) is 3.58. The summed E-state index contributed by atoms with van der Waals surface area (Å²) >= 11 is 0. The predicted molar refractivity (Wildman–Crippen MR) is 70.6 cm³/mol. The van der Waals surface area contributed by atoms with Crippen molar-refractivity contribution in [3.63, 3.8) is 0 Å². The lowest BCUT2D eigenvalue weighted by Crippen LogP contribution is -1.89. The molecule has 0 aliphatic heterocycles. The summed E-state index contributed by atoms with van der Waals surface area (Å²) in [5.41, 5.74) is 0.965. The minimum atomic E-state index is 0.0858. The van der Waals surface area contributed by atoms with Crippen LogP contribution in [0.3, 0.4) is 0 Å². The molecule has 2 heterocycles. The van der Waals surface area contributed by atoms with Crippen LogP contribution in [0, 0.1) is 11.3 Å². The van der Waals surface area contributed by atoms with E-state index in [0.29, 0.717) is 34.3 Å². The van der Waals surface area contributed by atoms with Gasteiger partial charge in [0.1, 0.15) is 17.4 Å². The van der Waals surface area contributed by atoms with Crippen molar-refractivity contribution in [3.8, 4) is 17.6 Å². The first-order valence-electron chi connectivity index (χ1n) is 5.81. The number of furan rings is 1. The number of rotatable bonds is 3. The molecule has 0 saturated carbocycles. The fourth-order valence-corrected chi connectivity index (χ4v) is 1.87. The van der Waals surface area contributed by atoms with Gasteiger partial charge in [0.15, 0.2) is 12.0 Å². The SMILES string of the molecule is N#Cc1oc2ccccc2c1Oc1cncc(C=O)c1. The summed E-state index contributed by atoms with van der Waals surface area (Å²) in [5, 5.41) is 9.80. The van der Waals surface area contributed by atoms with E-state index in [0.717, 1.165) is 0 Å². The largest absolute Gasteiger partial charge is 0.450 e. The lowest BCUT2D eigenvalue weighted by atomic mass is 10.2. The fraction of sp³-hybridized carbons (Fsp3) is 0. The summed E-state index contributed by atoms with van der Waals surface area (Å²) in [4.78, 5) is 14.6. The van der Waals surface area contributed by atoms with Crippen molar-refractivity contribution in [2.75, 3.05) is 0 Å². The second kappa shape index (κ2) is 4.86. The van der Waals surface area contributed by atoms with Gasteiger partial charge in [-0.25, -0.2) is 0 Å². The van der Waals surface area contributed by atoms with Gasteiger partial charge in [-0.1, -0.05) is 12.1 Å². The molecule has 0 saturated heterocycles. The molecule has 1 aromatic carbocycles. The number of carbonyl (C=O) groups excluding carboxylic acids is 1. The molecular formula is C15H8N2O3. The van der Waals surface area contributed by atoms with Crippen molar-refractivity contribution in [2.24, 2.45) is 0 Å². The molecule has 96 valence electrons. The van der Waals surface area contributed by atoms with Gasteiger partial charge in [-0.15, -0.1) is 0 Å². The van der Waals surface area contributed by atoms with Crippen LogP contribution in [0.25, 0.3) is 11.0 Å². The number of aldehydes is 1. The number of para-hydroxylation sites is 1. The van der Waals surface area contributed by atoms with Crippen molar-refractivity contribution < 1.29 is 13.9 Å². The average molecular weight is 264 g/mol. The molecule has 5 nitrogen and oxygen atoms in total. The van der Waals surface area contributed by atoms with E-state index in [1.165, 1.54) is 12.4 Å². The highest BCUT2D eigenvalue weighted by Crippen LogP contribution is 2.35. The first-order valence-corrected chi connectivity index (χ1v) is 5.81. The van der Waals surface area contributed by atoms with E-state index in [1.807, 2.05) is 18.2 Å². The number of hydrogen-bond acceptors (Lipinski definition) is 5. The number of aromatic nitrogens is 1. The maximum absolute atomic E-state index is 10.7. The Kier molecular flexibility index (Phi) is 2.90. The van der Waals surface area contributed by atoms with Gasteiger partial charge < -0.3 is 9.15 Å². The van der Waals surface area contributed by atoms with Crippen molar-refractivity contribution >= 4 is 17.3 Å². The second-order valence-electron chi connectivity index (χ2n) is 4.04. The van der Waals surface area contributed by atoms with Crippen molar-refractivity contribution in [1.29, 1.82) is 5.26 Å². The molecule has 0 aliphatic rings. The third kappa shape index (κ3) is 1.99. The first-order chi connectivity index (χ1) is 9.81. The van der Waals surface area contributed by atoms with Gasteiger partial charge in [-0.3, -0.25) is 9.78 Å². The number of ether oxygens (including phenoxy) is 1. The number of hydrogen-bond donors (Lipinski definition) is 0. The highest BCUT2D eigenvalue weighted by atomic mass is 16.5. The molecule has 3 aromatic rings. The number of nitrogens with zero attached hydrogens (tertiary/aromatic N) is 2. The van der Waals surface area contributed by atoms with Crippen LogP contribution in [0.1, 0.15) is 16.1 Å². The second-order valence-corrected chi connectivity index (χ2v) is 4.04. The van der Waals surface area contributed by atoms with Gasteiger partial charge in [-0.05, 0) is 18.2 Å². The number of pyridine rings is 1. The number of benzene rings is 1.